The number of amides is 1. The number of nitrogens with zero attached hydrogens (tertiary/aromatic N) is 1. The van der Waals surface area contributed by atoms with Crippen LogP contribution in [0.15, 0.2) is 74.0 Å². The van der Waals surface area contributed by atoms with Gasteiger partial charge in [0.25, 0.3) is 0 Å². The Morgan fingerprint density at radius 3 is 2.44 bits per heavy atom. The normalized spacial score (nSPS) is 14.9. The summed E-state index contributed by atoms with van der Waals surface area (Å²) in [4.78, 5) is 17.0. The van der Waals surface area contributed by atoms with Crippen molar-refractivity contribution in [2.24, 2.45) is 0 Å². The largest absolute Gasteiger partial charge is 0.428 e. The van der Waals surface area contributed by atoms with Gasteiger partial charge in [-0.05, 0) is 44.0 Å². The fourth-order valence-electron chi connectivity index (χ4n) is 3.73. The van der Waals surface area contributed by atoms with Crippen LogP contribution in [-0.4, -0.2) is 31.1 Å². The summed E-state index contributed by atoms with van der Waals surface area (Å²) in [5, 5.41) is 3.02. The van der Waals surface area contributed by atoms with Gasteiger partial charge in [-0.1, -0.05) is 66.9 Å². The summed E-state index contributed by atoms with van der Waals surface area (Å²) in [6.07, 6.45) is 5.44. The van der Waals surface area contributed by atoms with Crippen molar-refractivity contribution >= 4 is 27.5 Å². The zero-order valence-electron chi connectivity index (χ0n) is 17.9. The summed E-state index contributed by atoms with van der Waals surface area (Å²) in [6.45, 7) is 1.90. The molecule has 0 radical (unpaired) electrons. The van der Waals surface area contributed by atoms with Crippen LogP contribution in [0.5, 0.6) is 0 Å². The Bertz CT molecular complexity index is 1170. The summed E-state index contributed by atoms with van der Waals surface area (Å²) in [7, 11) is -3.91. The Morgan fingerprint density at radius 1 is 1.06 bits per heavy atom. The number of aromatic nitrogens is 1. The first-order valence-corrected chi connectivity index (χ1v) is 13.2. The van der Waals surface area contributed by atoms with E-state index in [1.807, 2.05) is 25.1 Å². The fourth-order valence-corrected chi connectivity index (χ4v) is 6.07. The number of rotatable bonds is 7. The van der Waals surface area contributed by atoms with Gasteiger partial charge in [0, 0.05) is 11.6 Å². The molecule has 4 rings (SSSR count). The van der Waals surface area contributed by atoms with Gasteiger partial charge in [0.1, 0.15) is 0 Å². The van der Waals surface area contributed by atoms with E-state index in [2.05, 4.69) is 10.3 Å². The van der Waals surface area contributed by atoms with E-state index in [9.17, 15) is 13.2 Å². The molecule has 6 nitrogen and oxygen atoms in total. The van der Waals surface area contributed by atoms with Crippen molar-refractivity contribution in [1.82, 2.24) is 10.3 Å². The first kappa shape index (κ1) is 22.6. The number of thioether (sulfide) groups is 1. The number of hydrogen-bond donors (Lipinski definition) is 1. The zero-order valence-corrected chi connectivity index (χ0v) is 19.5. The third-order valence-electron chi connectivity index (χ3n) is 5.48. The lowest BCUT2D eigenvalue weighted by Gasteiger charge is -2.22. The van der Waals surface area contributed by atoms with Crippen molar-refractivity contribution in [3.8, 4) is 11.5 Å². The molecule has 1 amide bonds. The first-order chi connectivity index (χ1) is 15.4. The topological polar surface area (TPSA) is 89.3 Å². The Hall–Kier alpha value is -2.58. The van der Waals surface area contributed by atoms with Gasteiger partial charge in [-0.2, -0.15) is 4.98 Å². The number of aryl methyl sites for hydroxylation is 1. The minimum Gasteiger partial charge on any atom is -0.428 e. The number of carbonyl (C=O) groups excluding carboxylic acids is 1. The van der Waals surface area contributed by atoms with Crippen molar-refractivity contribution in [1.29, 1.82) is 0 Å². The molecule has 1 N–H and O–H groups in total. The van der Waals surface area contributed by atoms with Crippen LogP contribution in [-0.2, 0) is 14.6 Å². The molecule has 0 atom stereocenters. The number of carbonyl (C=O) groups is 1. The van der Waals surface area contributed by atoms with Crippen molar-refractivity contribution in [3.63, 3.8) is 0 Å². The fraction of sp³-hybridized carbons (Fsp3) is 0.333. The molecular formula is C24H26N2O4S2. The second kappa shape index (κ2) is 9.92. The van der Waals surface area contributed by atoms with Crippen LogP contribution in [0.3, 0.4) is 0 Å². The van der Waals surface area contributed by atoms with Gasteiger partial charge in [0.05, 0.1) is 10.6 Å². The highest BCUT2D eigenvalue weighted by atomic mass is 32.2. The molecule has 1 fully saturated rings. The number of sulfone groups is 1. The predicted octanol–water partition coefficient (Wildman–Crippen LogP) is 5.02. The summed E-state index contributed by atoms with van der Waals surface area (Å²) >= 11 is 1.06. The molecule has 1 aromatic heterocycles. The van der Waals surface area contributed by atoms with Gasteiger partial charge in [-0.3, -0.25) is 4.79 Å². The van der Waals surface area contributed by atoms with Crippen LogP contribution in [0.1, 0.15) is 37.7 Å². The molecule has 1 aliphatic rings. The van der Waals surface area contributed by atoms with Crippen molar-refractivity contribution < 1.29 is 17.6 Å². The molecule has 0 unspecified atom stereocenters. The van der Waals surface area contributed by atoms with Gasteiger partial charge in [0.15, 0.2) is 0 Å². The molecule has 0 bridgehead atoms. The minimum atomic E-state index is -3.91. The van der Waals surface area contributed by atoms with E-state index in [-0.39, 0.29) is 38.6 Å². The molecule has 3 aromatic rings. The van der Waals surface area contributed by atoms with E-state index in [1.54, 1.807) is 36.4 Å². The number of benzene rings is 2. The third kappa shape index (κ3) is 5.24. The molecule has 1 aliphatic carbocycles. The molecule has 1 saturated carbocycles. The Labute approximate surface area is 192 Å². The van der Waals surface area contributed by atoms with Gasteiger partial charge < -0.3 is 9.73 Å². The third-order valence-corrected chi connectivity index (χ3v) is 8.23. The van der Waals surface area contributed by atoms with Crippen LogP contribution in [0.4, 0.5) is 0 Å². The molecule has 2 aromatic carbocycles. The Balaban J connectivity index is 1.60. The smallest absolute Gasteiger partial charge is 0.230 e. The summed E-state index contributed by atoms with van der Waals surface area (Å²) in [5.74, 6) is 0.154. The average Bonchev–Trinajstić information content (AvgIpc) is 3.25. The maximum absolute atomic E-state index is 13.3. The van der Waals surface area contributed by atoms with Crippen LogP contribution < -0.4 is 5.32 Å². The van der Waals surface area contributed by atoms with Gasteiger partial charge in [0.2, 0.25) is 31.8 Å². The summed E-state index contributed by atoms with van der Waals surface area (Å²) < 4.78 is 32.5. The van der Waals surface area contributed by atoms with E-state index >= 15 is 0 Å². The highest BCUT2D eigenvalue weighted by molar-refractivity contribution is 8.00. The van der Waals surface area contributed by atoms with Crippen LogP contribution >= 0.6 is 11.8 Å². The molecule has 32 heavy (non-hydrogen) atoms. The maximum Gasteiger partial charge on any atom is 0.230 e. The Kier molecular flexibility index (Phi) is 7.01. The maximum atomic E-state index is 13.3. The summed E-state index contributed by atoms with van der Waals surface area (Å²) in [5.41, 5.74) is 1.63. The predicted molar refractivity (Wildman–Crippen MR) is 124 cm³/mol. The van der Waals surface area contributed by atoms with Crippen molar-refractivity contribution in [2.45, 2.75) is 60.1 Å². The standard InChI is InChI=1S/C24H26N2O4S2/c1-17-12-14-20(15-13-17)32(28,29)23-24(30-22(26-23)18-8-4-2-5-9-18)31-16-21(27)25-19-10-6-3-7-11-19/h2,4-5,8-9,12-15,19H,3,6-7,10-11,16H2,1H3,(H,25,27). The monoisotopic (exact) mass is 470 g/mol. The number of hydrogen-bond acceptors (Lipinski definition) is 6. The molecule has 168 valence electrons. The van der Waals surface area contributed by atoms with Gasteiger partial charge >= 0.3 is 0 Å². The van der Waals surface area contributed by atoms with E-state index in [4.69, 9.17) is 4.42 Å². The van der Waals surface area contributed by atoms with Crippen LogP contribution in [0.2, 0.25) is 0 Å². The lowest BCUT2D eigenvalue weighted by Crippen LogP contribution is -2.37. The highest BCUT2D eigenvalue weighted by Crippen LogP contribution is 2.35. The lowest BCUT2D eigenvalue weighted by molar-refractivity contribution is -0.119. The van der Waals surface area contributed by atoms with Gasteiger partial charge in [-0.25, -0.2) is 8.42 Å². The number of oxazole rings is 1. The summed E-state index contributed by atoms with van der Waals surface area (Å²) in [6, 6.07) is 15.9. The number of nitrogens with one attached hydrogen (secondary N) is 1. The second-order valence-corrected chi connectivity index (χ2v) is 10.8. The molecular weight excluding hydrogens is 444 g/mol. The minimum absolute atomic E-state index is 0.0658. The lowest BCUT2D eigenvalue weighted by atomic mass is 9.95. The molecule has 8 heteroatoms. The first-order valence-electron chi connectivity index (χ1n) is 10.7. The van der Waals surface area contributed by atoms with E-state index in [0.717, 1.165) is 43.0 Å². The zero-order chi connectivity index (χ0) is 22.6. The van der Waals surface area contributed by atoms with Gasteiger partial charge in [-0.15, -0.1) is 0 Å². The Morgan fingerprint density at radius 2 is 1.75 bits per heavy atom. The van der Waals surface area contributed by atoms with Crippen LogP contribution in [0, 0.1) is 6.92 Å². The quantitative estimate of drug-likeness (QED) is 0.488. The van der Waals surface area contributed by atoms with Crippen molar-refractivity contribution in [2.75, 3.05) is 5.75 Å². The molecule has 1 heterocycles. The molecule has 0 saturated heterocycles. The second-order valence-electron chi connectivity index (χ2n) is 7.99. The highest BCUT2D eigenvalue weighted by Gasteiger charge is 2.29. The average molecular weight is 471 g/mol. The van der Waals surface area contributed by atoms with E-state index in [0.29, 0.717) is 5.56 Å². The van der Waals surface area contributed by atoms with E-state index in [1.165, 1.54) is 6.42 Å². The molecule has 0 aliphatic heterocycles. The van der Waals surface area contributed by atoms with Crippen LogP contribution in [0.25, 0.3) is 11.5 Å². The van der Waals surface area contributed by atoms with Crippen molar-refractivity contribution in [3.05, 3.63) is 60.2 Å². The van der Waals surface area contributed by atoms with E-state index < -0.39 is 9.84 Å². The molecule has 0 spiro atoms. The SMILES string of the molecule is Cc1ccc(S(=O)(=O)c2nc(-c3ccccc3)oc2SCC(=O)NC2CCCCC2)cc1.